The van der Waals surface area contributed by atoms with Crippen LogP contribution in [0.4, 0.5) is 0 Å². The van der Waals surface area contributed by atoms with Crippen molar-refractivity contribution in [2.45, 2.75) is 28.6 Å². The molecule has 3 N–H and O–H groups in total. The van der Waals surface area contributed by atoms with Crippen LogP contribution in [0.2, 0.25) is 0 Å². The predicted octanol–water partition coefficient (Wildman–Crippen LogP) is 0.773. The van der Waals surface area contributed by atoms with Crippen LogP contribution >= 0.6 is 0 Å². The van der Waals surface area contributed by atoms with Gasteiger partial charge in [0.25, 0.3) is 0 Å². The van der Waals surface area contributed by atoms with Gasteiger partial charge in [-0.25, -0.2) is 0 Å². The highest BCUT2D eigenvalue weighted by molar-refractivity contribution is 4.54. The van der Waals surface area contributed by atoms with E-state index in [9.17, 15) is 0 Å². The lowest BCUT2D eigenvalue weighted by Crippen LogP contribution is -2.48. The molecule has 0 aromatic heterocycles. The van der Waals surface area contributed by atoms with E-state index in [-0.39, 0.29) is 28.6 Å². The van der Waals surface area contributed by atoms with Gasteiger partial charge in [-0.05, 0) is 155 Å². The highest BCUT2D eigenvalue weighted by Gasteiger charge is 2.07. The molecule has 0 atom stereocenters. The van der Waals surface area contributed by atoms with Crippen molar-refractivity contribution >= 4 is 0 Å². The Kier molecular flexibility index (Phi) is 60.0. The van der Waals surface area contributed by atoms with E-state index in [2.05, 4.69) is 183 Å². The fourth-order valence-electron chi connectivity index (χ4n) is 4.03. The number of rotatable bonds is 17. The van der Waals surface area contributed by atoms with Gasteiger partial charge in [-0.2, -0.15) is 0 Å². The molecule has 0 aliphatic carbocycles. The van der Waals surface area contributed by atoms with Crippen molar-refractivity contribution in [2.24, 2.45) is 0 Å². The predicted molar refractivity (Wildman–Crippen MR) is 218 cm³/mol. The van der Waals surface area contributed by atoms with Crippen LogP contribution in [0, 0.1) is 0 Å². The largest absolute Gasteiger partial charge is 0.323 e. The van der Waals surface area contributed by atoms with E-state index in [1.54, 1.807) is 0 Å². The minimum atomic E-state index is 0. The molecule has 0 rings (SSSR count). The van der Waals surface area contributed by atoms with Gasteiger partial charge in [0.15, 0.2) is 0 Å². The van der Waals surface area contributed by atoms with Gasteiger partial charge >= 0.3 is 0 Å². The molecule has 0 unspecified atom stereocenters. The number of hydrogen-bond acceptors (Lipinski definition) is 14. The Labute approximate surface area is 299 Å². The summed E-state index contributed by atoms with van der Waals surface area (Å²) in [5, 5.41) is 8.88. The van der Waals surface area contributed by atoms with Crippen LogP contribution in [-0.2, 0) is 0 Å². The zero-order valence-electron chi connectivity index (χ0n) is 33.9. The Balaban J connectivity index is -0.0000000703. The molecule has 0 saturated heterocycles. The van der Waals surface area contributed by atoms with Crippen molar-refractivity contribution in [3.63, 3.8) is 0 Å². The van der Waals surface area contributed by atoms with E-state index < -0.39 is 0 Å². The highest BCUT2D eigenvalue weighted by atomic mass is 15.4. The first-order valence-corrected chi connectivity index (χ1v) is 15.3. The molecule has 0 aromatic rings. The normalized spacial score (nSPS) is 10.9. The quantitative estimate of drug-likeness (QED) is 0.189. The molecule has 0 saturated carbocycles. The maximum absolute atomic E-state index is 3.07. The molecular weight excluding hydrogens is 592 g/mol. The van der Waals surface area contributed by atoms with Gasteiger partial charge in [0, 0.05) is 6.67 Å². The van der Waals surface area contributed by atoms with Gasteiger partial charge in [-0.15, -0.1) is 0 Å². The SMILES string of the molecule is C.C.C.CN(C)CN(C)C.CN(C)CN(C)CN(C)CN(C)C.CN(C)CN(CN(C)C)CN(C)C.CNC.CNC(NC)N(C)C. The lowest BCUT2D eigenvalue weighted by Gasteiger charge is -2.30. The summed E-state index contributed by atoms with van der Waals surface area (Å²) in [6, 6.07) is 0. The molecule has 0 bridgehead atoms. The molecule has 0 spiro atoms. The second-order valence-corrected chi connectivity index (χ2v) is 13.4. The van der Waals surface area contributed by atoms with Crippen molar-refractivity contribution in [2.75, 3.05) is 202 Å². The Morgan fingerprint density at radius 1 is 0.340 bits per heavy atom. The molecule has 0 heterocycles. The molecule has 14 nitrogen and oxygen atoms in total. The standard InChI is InChI=1S/2C9H24N4.C5H15N3.C5H14N2.C2H7N.3CH4/c1-10(2)7-12(5)9-13(6)8-11(3)4;1-10(2)7-13(8-11(3)4)9-12(5)6;1-6-5(7-2)8(3)4;1-6(2)5-7(3)4;1-3-2;;;/h2*7-9H2,1-6H3;5-7H,1-4H3;5H2,1-4H3;3H,1-2H3;3*1H4. The summed E-state index contributed by atoms with van der Waals surface area (Å²) in [6.07, 6.45) is 0.287. The maximum Gasteiger partial charge on any atom is 0.113 e. The Hall–Kier alpha value is -0.560. The summed E-state index contributed by atoms with van der Waals surface area (Å²) >= 11 is 0. The Morgan fingerprint density at radius 3 is 0.660 bits per heavy atom. The molecule has 0 radical (unpaired) electrons. The fourth-order valence-corrected chi connectivity index (χ4v) is 4.03. The van der Waals surface area contributed by atoms with E-state index in [1.165, 1.54) is 0 Å². The summed E-state index contributed by atoms with van der Waals surface area (Å²) < 4.78 is 0. The molecule has 298 valence electrons. The van der Waals surface area contributed by atoms with Gasteiger partial charge in [-0.1, -0.05) is 22.3 Å². The molecule has 0 fully saturated rings. The first-order chi connectivity index (χ1) is 20.1. The minimum Gasteiger partial charge on any atom is -0.323 e. The van der Waals surface area contributed by atoms with E-state index in [0.717, 1.165) is 46.7 Å². The van der Waals surface area contributed by atoms with Gasteiger partial charge < -0.3 is 5.32 Å². The highest BCUT2D eigenvalue weighted by Crippen LogP contribution is 1.93. The number of nitrogens with one attached hydrogen (secondary N) is 3. The maximum atomic E-state index is 3.07. The van der Waals surface area contributed by atoms with Crippen molar-refractivity contribution < 1.29 is 0 Å². The second kappa shape index (κ2) is 43.5. The summed E-state index contributed by atoms with van der Waals surface area (Å²) in [5.74, 6) is 0. The summed E-state index contributed by atoms with van der Waals surface area (Å²) in [7, 11) is 45.0. The third-order valence-electron chi connectivity index (χ3n) is 4.61. The van der Waals surface area contributed by atoms with Crippen LogP contribution in [0.5, 0.6) is 0 Å². The smallest absolute Gasteiger partial charge is 0.113 e. The monoisotopic (exact) mass is 689 g/mol. The Bertz CT molecular complexity index is 486. The Morgan fingerprint density at radius 2 is 0.553 bits per heavy atom. The molecule has 0 aliphatic heterocycles. The van der Waals surface area contributed by atoms with Crippen LogP contribution < -0.4 is 16.0 Å². The van der Waals surface area contributed by atoms with Crippen LogP contribution in [0.25, 0.3) is 0 Å². The molecule has 0 aromatic carbocycles. The number of hydrogen-bond donors (Lipinski definition) is 3. The minimum absolute atomic E-state index is 0. The van der Waals surface area contributed by atoms with E-state index in [0.29, 0.717) is 0 Å². The van der Waals surface area contributed by atoms with Crippen LogP contribution in [0.3, 0.4) is 0 Å². The lowest BCUT2D eigenvalue weighted by atomic mass is 10.6. The zero-order chi connectivity index (χ0) is 36.0. The lowest BCUT2D eigenvalue weighted by molar-refractivity contribution is 0.0743. The van der Waals surface area contributed by atoms with Crippen LogP contribution in [0.15, 0.2) is 0 Å². The topological polar surface area (TPSA) is 71.7 Å². The average Bonchev–Trinajstić information content (AvgIpc) is 2.78. The number of nitrogens with zero attached hydrogens (tertiary/aromatic N) is 11. The zero-order valence-corrected chi connectivity index (χ0v) is 33.9. The molecule has 47 heavy (non-hydrogen) atoms. The average molecular weight is 689 g/mol. The molecular formula is C33H96N14. The first-order valence-electron chi connectivity index (χ1n) is 15.3. The molecule has 0 amide bonds. The summed E-state index contributed by atoms with van der Waals surface area (Å²) in [4.78, 5) is 24.1. The van der Waals surface area contributed by atoms with Crippen LogP contribution in [-0.4, -0.2) is 262 Å². The van der Waals surface area contributed by atoms with E-state index in [4.69, 9.17) is 0 Å². The third-order valence-corrected chi connectivity index (χ3v) is 4.61. The van der Waals surface area contributed by atoms with Gasteiger partial charge in [0.1, 0.15) is 6.29 Å². The van der Waals surface area contributed by atoms with Gasteiger partial charge in [0.2, 0.25) is 0 Å². The molecule has 0 aliphatic rings. The van der Waals surface area contributed by atoms with Crippen molar-refractivity contribution in [1.82, 2.24) is 69.8 Å². The fraction of sp³-hybridized carbons (Fsp3) is 1.00. The van der Waals surface area contributed by atoms with Crippen molar-refractivity contribution in [3.05, 3.63) is 0 Å². The molecule has 14 heteroatoms. The second-order valence-electron chi connectivity index (χ2n) is 13.4. The van der Waals surface area contributed by atoms with Crippen LogP contribution in [0.1, 0.15) is 22.3 Å². The van der Waals surface area contributed by atoms with Crippen molar-refractivity contribution in [1.29, 1.82) is 0 Å². The van der Waals surface area contributed by atoms with Crippen molar-refractivity contribution in [3.8, 4) is 0 Å². The van der Waals surface area contributed by atoms with E-state index in [1.807, 2.05) is 42.3 Å². The van der Waals surface area contributed by atoms with E-state index >= 15 is 0 Å². The summed E-state index contributed by atoms with van der Waals surface area (Å²) in [5.41, 5.74) is 0. The van der Waals surface area contributed by atoms with Gasteiger partial charge in [-0.3, -0.25) is 64.5 Å². The summed E-state index contributed by atoms with van der Waals surface area (Å²) in [6.45, 7) is 7.01. The first kappa shape index (κ1) is 64.9. The van der Waals surface area contributed by atoms with Gasteiger partial charge in [0.05, 0.1) is 40.0 Å². The third kappa shape index (κ3) is 68.3.